The Morgan fingerprint density at radius 2 is 1.90 bits per heavy atom. The lowest BCUT2D eigenvalue weighted by atomic mass is 10.0. The van der Waals surface area contributed by atoms with Crippen molar-refractivity contribution in [3.63, 3.8) is 0 Å². The minimum atomic E-state index is -3.87. The molecule has 3 aromatic heterocycles. The first-order chi connectivity index (χ1) is 19.2. The number of carbonyl (C=O) groups excluding carboxylic acids is 1. The smallest absolute Gasteiger partial charge is 0.333 e. The van der Waals surface area contributed by atoms with Gasteiger partial charge in [0.2, 0.25) is 16.0 Å². The molecule has 1 atom stereocenters. The normalized spacial score (nSPS) is 14.0. The van der Waals surface area contributed by atoms with E-state index < -0.39 is 28.5 Å². The molecule has 41 heavy (non-hydrogen) atoms. The number of sulfonamides is 1. The lowest BCUT2D eigenvalue weighted by molar-refractivity contribution is 0.0560. The van der Waals surface area contributed by atoms with Gasteiger partial charge in [-0.05, 0) is 37.6 Å². The summed E-state index contributed by atoms with van der Waals surface area (Å²) in [5, 5.41) is 7.47. The van der Waals surface area contributed by atoms with E-state index in [1.807, 2.05) is 17.7 Å². The summed E-state index contributed by atoms with van der Waals surface area (Å²) in [6.45, 7) is 1.33. The summed E-state index contributed by atoms with van der Waals surface area (Å²) in [5.74, 6) is -0.627. The molecule has 0 aliphatic carbocycles. The Morgan fingerprint density at radius 1 is 1.17 bits per heavy atom. The van der Waals surface area contributed by atoms with Crippen molar-refractivity contribution in [2.24, 2.45) is 7.05 Å². The summed E-state index contributed by atoms with van der Waals surface area (Å²) >= 11 is 5.98. The largest absolute Gasteiger partial charge is 0.377 e. The molecule has 12 nitrogen and oxygen atoms in total. The molecule has 0 fully saturated rings. The number of benzene rings is 1. The molecule has 1 aromatic carbocycles. The number of amides is 1. The van der Waals surface area contributed by atoms with E-state index in [2.05, 4.69) is 15.4 Å². The molecule has 0 spiro atoms. The summed E-state index contributed by atoms with van der Waals surface area (Å²) in [6.07, 6.45) is 2.14. The Hall–Kier alpha value is -4.11. The number of halogens is 3. The third-order valence-corrected chi connectivity index (χ3v) is 7.37. The van der Waals surface area contributed by atoms with E-state index in [1.165, 1.54) is 22.9 Å². The lowest BCUT2D eigenvalue weighted by Gasteiger charge is -2.23. The second-order valence-corrected chi connectivity index (χ2v) is 12.0. The zero-order valence-corrected chi connectivity index (χ0v) is 23.9. The third-order valence-electron chi connectivity index (χ3n) is 6.60. The van der Waals surface area contributed by atoms with E-state index in [4.69, 9.17) is 16.6 Å². The number of alkyl halides is 2. The Kier molecular flexibility index (Phi) is 7.19. The van der Waals surface area contributed by atoms with Gasteiger partial charge in [-0.2, -0.15) is 13.9 Å². The molecule has 5 rings (SSSR count). The predicted molar refractivity (Wildman–Crippen MR) is 149 cm³/mol. The molecular weight excluding hydrogens is 582 g/mol. The average Bonchev–Trinajstić information content (AvgIpc) is 3.46. The first-order valence-corrected chi connectivity index (χ1v) is 14.5. The van der Waals surface area contributed by atoms with Crippen molar-refractivity contribution in [3.8, 4) is 0 Å². The van der Waals surface area contributed by atoms with Crippen LogP contribution in [0, 0.1) is 6.92 Å². The summed E-state index contributed by atoms with van der Waals surface area (Å²) in [5.41, 5.74) is 2.60. The topological polar surface area (TPSA) is 144 Å². The first kappa shape index (κ1) is 28.4. The molecule has 0 bridgehead atoms. The molecule has 2 N–H and O–H groups in total. The molecule has 0 radical (unpaired) electrons. The number of hydrogen-bond acceptors (Lipinski definition) is 9. The number of nitrogens with one attached hydrogen (secondary N) is 2. The fourth-order valence-electron chi connectivity index (χ4n) is 4.82. The Labute approximate surface area is 238 Å². The quantitative estimate of drug-likeness (QED) is 0.303. The van der Waals surface area contributed by atoms with Crippen LogP contribution in [-0.4, -0.2) is 44.9 Å². The van der Waals surface area contributed by atoms with Gasteiger partial charge in [-0.3, -0.25) is 14.2 Å². The molecule has 4 aromatic rings. The zero-order valence-electron chi connectivity index (χ0n) is 22.3. The van der Waals surface area contributed by atoms with E-state index in [0.29, 0.717) is 38.4 Å². The van der Waals surface area contributed by atoms with E-state index in [-0.39, 0.29) is 35.2 Å². The van der Waals surface area contributed by atoms with Crippen molar-refractivity contribution >= 4 is 50.1 Å². The third kappa shape index (κ3) is 5.59. The van der Waals surface area contributed by atoms with Crippen molar-refractivity contribution in [1.29, 1.82) is 0 Å². The maximum absolute atomic E-state index is 13.5. The van der Waals surface area contributed by atoms with Gasteiger partial charge >= 0.3 is 6.55 Å². The number of fused-ring (bicyclic) bond motifs is 2. The lowest BCUT2D eigenvalue weighted by Crippen LogP contribution is -2.31. The van der Waals surface area contributed by atoms with Gasteiger partial charge in [-0.1, -0.05) is 17.7 Å². The number of carbonyl (C=O) groups is 1. The van der Waals surface area contributed by atoms with Crippen molar-refractivity contribution < 1.29 is 22.0 Å². The molecule has 0 saturated carbocycles. The number of hydrogen-bond donors (Lipinski definition) is 2. The molecule has 1 aliphatic heterocycles. The number of anilines is 2. The minimum Gasteiger partial charge on any atom is -0.377 e. The van der Waals surface area contributed by atoms with Gasteiger partial charge in [0.15, 0.2) is 5.69 Å². The maximum atomic E-state index is 13.5. The standard InChI is InChI=1S/C25H25ClF2N8O4S/c1-12-7-15(13(2)29-17-5-6-19(26)30-21(17)22(37)33-41(4,39)40)20-16(8-12)23(38)34(3)25(31-20)35-9-14-10-36(24(27)28)32-18(14)11-35/h5-8,10,13,24,29H,9,11H2,1-4H3,(H,33,37)/t13-/m1/s1. The van der Waals surface area contributed by atoms with Gasteiger partial charge < -0.3 is 10.2 Å². The van der Waals surface area contributed by atoms with Crippen LogP contribution in [0.2, 0.25) is 5.15 Å². The van der Waals surface area contributed by atoms with Crippen LogP contribution in [0.5, 0.6) is 0 Å². The average molecular weight is 607 g/mol. The van der Waals surface area contributed by atoms with Gasteiger partial charge in [0.05, 0.1) is 41.1 Å². The van der Waals surface area contributed by atoms with Crippen molar-refractivity contribution in [2.45, 2.75) is 39.5 Å². The van der Waals surface area contributed by atoms with Crippen LogP contribution in [0.15, 0.2) is 35.3 Å². The van der Waals surface area contributed by atoms with Gasteiger partial charge in [0.25, 0.3) is 11.5 Å². The molecule has 216 valence electrons. The highest BCUT2D eigenvalue weighted by Gasteiger charge is 2.28. The zero-order chi connectivity index (χ0) is 29.8. The molecule has 0 unspecified atom stereocenters. The van der Waals surface area contributed by atoms with Crippen molar-refractivity contribution in [3.05, 3.63) is 74.0 Å². The van der Waals surface area contributed by atoms with Crippen molar-refractivity contribution in [2.75, 3.05) is 16.5 Å². The van der Waals surface area contributed by atoms with Crippen LogP contribution in [0.25, 0.3) is 10.9 Å². The number of aromatic nitrogens is 5. The SMILES string of the molecule is Cc1cc([C@@H](C)Nc2ccc(Cl)nc2C(=O)NS(C)(=O)=O)c2nc(N3Cc4cn(C(F)F)nc4C3)n(C)c(=O)c2c1. The highest BCUT2D eigenvalue weighted by atomic mass is 35.5. The number of nitrogens with zero attached hydrogens (tertiary/aromatic N) is 6. The highest BCUT2D eigenvalue weighted by molar-refractivity contribution is 7.89. The van der Waals surface area contributed by atoms with Crippen molar-refractivity contribution in [1.82, 2.24) is 29.0 Å². The Morgan fingerprint density at radius 3 is 2.56 bits per heavy atom. The van der Waals surface area contributed by atoms with Crippen LogP contribution in [0.3, 0.4) is 0 Å². The predicted octanol–water partition coefficient (Wildman–Crippen LogP) is 3.26. The Bertz CT molecular complexity index is 1850. The van der Waals surface area contributed by atoms with Crippen LogP contribution >= 0.6 is 11.6 Å². The number of rotatable bonds is 7. The molecule has 16 heteroatoms. The second-order valence-electron chi connectivity index (χ2n) is 9.84. The van der Waals surface area contributed by atoms with E-state index in [9.17, 15) is 26.8 Å². The van der Waals surface area contributed by atoms with Gasteiger partial charge in [-0.25, -0.2) is 27.8 Å². The maximum Gasteiger partial charge on any atom is 0.333 e. The molecule has 1 aliphatic rings. The fourth-order valence-corrected chi connectivity index (χ4v) is 5.40. The van der Waals surface area contributed by atoms with Gasteiger partial charge in [0.1, 0.15) is 5.15 Å². The summed E-state index contributed by atoms with van der Waals surface area (Å²) < 4.78 is 53.3. The van der Waals surface area contributed by atoms with Crippen LogP contribution in [0.4, 0.5) is 20.4 Å². The molecular formula is C25H25ClF2N8O4S. The number of pyridine rings is 1. The van der Waals surface area contributed by atoms with Gasteiger partial charge in [0, 0.05) is 30.9 Å². The highest BCUT2D eigenvalue weighted by Crippen LogP contribution is 2.31. The molecule has 1 amide bonds. The molecule has 4 heterocycles. The summed E-state index contributed by atoms with van der Waals surface area (Å²) in [4.78, 5) is 36.8. The second kappa shape index (κ2) is 10.4. The summed E-state index contributed by atoms with van der Waals surface area (Å²) in [6, 6.07) is 5.99. The number of aryl methyl sites for hydroxylation is 1. The van der Waals surface area contributed by atoms with Gasteiger partial charge in [-0.15, -0.1) is 0 Å². The van der Waals surface area contributed by atoms with Crippen LogP contribution < -0.4 is 20.5 Å². The van der Waals surface area contributed by atoms with E-state index in [0.717, 1.165) is 11.8 Å². The van der Waals surface area contributed by atoms with Crippen LogP contribution in [-0.2, 0) is 30.2 Å². The summed E-state index contributed by atoms with van der Waals surface area (Å²) in [7, 11) is -2.27. The van der Waals surface area contributed by atoms with Crippen LogP contribution in [0.1, 0.15) is 52.4 Å². The monoisotopic (exact) mass is 606 g/mol. The fraction of sp³-hybridized carbons (Fsp3) is 0.320. The minimum absolute atomic E-state index is 0.00978. The first-order valence-electron chi connectivity index (χ1n) is 12.3. The van der Waals surface area contributed by atoms with E-state index >= 15 is 0 Å². The Balaban J connectivity index is 1.54. The molecule has 0 saturated heterocycles. The van der Waals surface area contributed by atoms with E-state index in [1.54, 1.807) is 24.9 Å².